The highest BCUT2D eigenvalue weighted by molar-refractivity contribution is 5.90. The van der Waals surface area contributed by atoms with Crippen molar-refractivity contribution in [3.63, 3.8) is 0 Å². The fraction of sp³-hybridized carbons (Fsp3) is 0.524. The van der Waals surface area contributed by atoms with Gasteiger partial charge in [-0.2, -0.15) is 5.10 Å². The van der Waals surface area contributed by atoms with Crippen LogP contribution in [0.5, 0.6) is 0 Å². The topological polar surface area (TPSA) is 62.2 Å². The van der Waals surface area contributed by atoms with E-state index in [1.807, 2.05) is 32.0 Å². The standard InChI is InChI=1S/C21H31N5O/c1-15(2)13-25-9-6-10-26-19(14-25)11-18(24-26)12-22-21(27)23-20-8-5-7-16(3)17(20)4/h5,7-8,11,15H,6,9-10,12-14H2,1-4H3,(H2,22,23,27). The molecule has 146 valence electrons. The van der Waals surface area contributed by atoms with Gasteiger partial charge in [-0.3, -0.25) is 9.58 Å². The molecular formula is C21H31N5O. The van der Waals surface area contributed by atoms with Crippen molar-refractivity contribution in [1.82, 2.24) is 20.0 Å². The summed E-state index contributed by atoms with van der Waals surface area (Å²) in [5.74, 6) is 0.661. The Morgan fingerprint density at radius 1 is 1.26 bits per heavy atom. The number of carbonyl (C=O) groups is 1. The molecule has 1 aliphatic heterocycles. The van der Waals surface area contributed by atoms with Gasteiger partial charge in [0, 0.05) is 31.9 Å². The molecule has 2 N–H and O–H groups in total. The number of aromatic nitrogens is 2. The zero-order valence-electron chi connectivity index (χ0n) is 16.9. The number of benzene rings is 1. The summed E-state index contributed by atoms with van der Waals surface area (Å²) in [5, 5.41) is 10.5. The lowest BCUT2D eigenvalue weighted by molar-refractivity contribution is 0.239. The minimum atomic E-state index is -0.201. The van der Waals surface area contributed by atoms with E-state index in [-0.39, 0.29) is 6.03 Å². The molecule has 0 saturated heterocycles. The Bertz CT molecular complexity index is 796. The predicted octanol–water partition coefficient (Wildman–Crippen LogP) is 3.68. The van der Waals surface area contributed by atoms with Crippen LogP contribution in [0.2, 0.25) is 0 Å². The molecule has 0 aliphatic carbocycles. The van der Waals surface area contributed by atoms with Crippen molar-refractivity contribution in [2.24, 2.45) is 5.92 Å². The number of urea groups is 1. The average Bonchev–Trinajstić information content (AvgIpc) is 2.89. The number of fused-ring (bicyclic) bond motifs is 1. The number of nitrogens with one attached hydrogen (secondary N) is 2. The fourth-order valence-corrected chi connectivity index (χ4v) is 3.57. The number of amides is 2. The Kier molecular flexibility index (Phi) is 6.16. The molecule has 27 heavy (non-hydrogen) atoms. The third kappa shape index (κ3) is 5.10. The van der Waals surface area contributed by atoms with E-state index in [0.717, 1.165) is 55.1 Å². The molecule has 0 radical (unpaired) electrons. The van der Waals surface area contributed by atoms with Crippen LogP contribution in [-0.2, 0) is 19.6 Å². The van der Waals surface area contributed by atoms with E-state index in [2.05, 4.69) is 45.2 Å². The minimum Gasteiger partial charge on any atom is -0.332 e. The molecule has 0 bridgehead atoms. The second-order valence-corrected chi connectivity index (χ2v) is 7.89. The zero-order valence-corrected chi connectivity index (χ0v) is 16.9. The van der Waals surface area contributed by atoms with E-state index >= 15 is 0 Å². The Morgan fingerprint density at radius 3 is 2.85 bits per heavy atom. The number of rotatable bonds is 5. The molecule has 1 aliphatic rings. The van der Waals surface area contributed by atoms with Crippen molar-refractivity contribution in [1.29, 1.82) is 0 Å². The summed E-state index contributed by atoms with van der Waals surface area (Å²) in [5.41, 5.74) is 5.24. The Labute approximate surface area is 161 Å². The maximum atomic E-state index is 12.3. The number of hydrogen-bond donors (Lipinski definition) is 2. The van der Waals surface area contributed by atoms with Gasteiger partial charge in [0.2, 0.25) is 0 Å². The lowest BCUT2D eigenvalue weighted by atomic mass is 10.1. The van der Waals surface area contributed by atoms with Crippen molar-refractivity contribution in [2.75, 3.05) is 18.4 Å². The SMILES string of the molecule is Cc1cccc(NC(=O)NCc2cc3n(n2)CCCN(CC(C)C)C3)c1C. The van der Waals surface area contributed by atoms with Crippen LogP contribution in [0.1, 0.15) is 42.8 Å². The van der Waals surface area contributed by atoms with E-state index in [1.165, 1.54) is 5.69 Å². The monoisotopic (exact) mass is 369 g/mol. The number of hydrogen-bond acceptors (Lipinski definition) is 3. The first-order valence-electron chi connectivity index (χ1n) is 9.81. The number of aryl methyl sites for hydroxylation is 2. The van der Waals surface area contributed by atoms with Gasteiger partial charge in [-0.25, -0.2) is 4.79 Å². The van der Waals surface area contributed by atoms with Crippen LogP contribution >= 0.6 is 0 Å². The van der Waals surface area contributed by atoms with E-state index in [4.69, 9.17) is 0 Å². The molecule has 1 aromatic carbocycles. The van der Waals surface area contributed by atoms with Gasteiger partial charge in [0.1, 0.15) is 0 Å². The second kappa shape index (κ2) is 8.57. The first-order valence-corrected chi connectivity index (χ1v) is 9.81. The lowest BCUT2D eigenvalue weighted by Crippen LogP contribution is -2.29. The summed E-state index contributed by atoms with van der Waals surface area (Å²) in [6, 6.07) is 7.83. The number of nitrogens with zero attached hydrogens (tertiary/aromatic N) is 3. The first kappa shape index (κ1) is 19.4. The Hall–Kier alpha value is -2.34. The largest absolute Gasteiger partial charge is 0.332 e. The summed E-state index contributed by atoms with van der Waals surface area (Å²) >= 11 is 0. The number of anilines is 1. The fourth-order valence-electron chi connectivity index (χ4n) is 3.57. The summed E-state index contributed by atoms with van der Waals surface area (Å²) in [6.07, 6.45) is 1.11. The molecule has 2 heterocycles. The molecule has 6 nitrogen and oxygen atoms in total. The van der Waals surface area contributed by atoms with Gasteiger partial charge in [0.25, 0.3) is 0 Å². The highest BCUT2D eigenvalue weighted by atomic mass is 16.2. The van der Waals surface area contributed by atoms with Gasteiger partial charge in [0.15, 0.2) is 0 Å². The molecule has 0 fully saturated rings. The molecule has 6 heteroatoms. The highest BCUT2D eigenvalue weighted by Gasteiger charge is 2.17. The summed E-state index contributed by atoms with van der Waals surface area (Å²) in [7, 11) is 0. The molecular weight excluding hydrogens is 338 g/mol. The van der Waals surface area contributed by atoms with E-state index in [9.17, 15) is 4.79 Å². The van der Waals surface area contributed by atoms with Gasteiger partial charge in [-0.05, 0) is 49.4 Å². The van der Waals surface area contributed by atoms with Gasteiger partial charge >= 0.3 is 6.03 Å². The van der Waals surface area contributed by atoms with E-state index in [0.29, 0.717) is 12.5 Å². The van der Waals surface area contributed by atoms with Gasteiger partial charge in [-0.1, -0.05) is 26.0 Å². The first-order chi connectivity index (χ1) is 12.9. The van der Waals surface area contributed by atoms with E-state index < -0.39 is 0 Å². The average molecular weight is 370 g/mol. The van der Waals surface area contributed by atoms with E-state index in [1.54, 1.807) is 0 Å². The van der Waals surface area contributed by atoms with Crippen molar-refractivity contribution in [2.45, 2.75) is 53.8 Å². The van der Waals surface area contributed by atoms with Gasteiger partial charge < -0.3 is 10.6 Å². The smallest absolute Gasteiger partial charge is 0.319 e. The molecule has 0 atom stereocenters. The third-order valence-corrected chi connectivity index (χ3v) is 5.05. The summed E-state index contributed by atoms with van der Waals surface area (Å²) in [4.78, 5) is 14.8. The van der Waals surface area contributed by atoms with Crippen molar-refractivity contribution in [3.05, 3.63) is 46.8 Å². The molecule has 2 amide bonds. The highest BCUT2D eigenvalue weighted by Crippen LogP contribution is 2.18. The molecule has 0 spiro atoms. The molecule has 2 aromatic rings. The van der Waals surface area contributed by atoms with Crippen LogP contribution < -0.4 is 10.6 Å². The van der Waals surface area contributed by atoms with Gasteiger partial charge in [-0.15, -0.1) is 0 Å². The maximum Gasteiger partial charge on any atom is 0.319 e. The van der Waals surface area contributed by atoms with Gasteiger partial charge in [0.05, 0.1) is 17.9 Å². The Balaban J connectivity index is 1.57. The maximum absolute atomic E-state index is 12.3. The van der Waals surface area contributed by atoms with Crippen molar-refractivity contribution < 1.29 is 4.79 Å². The quantitative estimate of drug-likeness (QED) is 0.845. The van der Waals surface area contributed by atoms with Crippen molar-refractivity contribution in [3.8, 4) is 0 Å². The van der Waals surface area contributed by atoms with Crippen LogP contribution in [0, 0.1) is 19.8 Å². The van der Waals surface area contributed by atoms with Crippen molar-refractivity contribution >= 4 is 11.7 Å². The lowest BCUT2D eigenvalue weighted by Gasteiger charge is -2.21. The van der Waals surface area contributed by atoms with Crippen LogP contribution in [0.25, 0.3) is 0 Å². The van der Waals surface area contributed by atoms with Crippen LogP contribution in [0.4, 0.5) is 10.5 Å². The van der Waals surface area contributed by atoms with Crippen LogP contribution in [-0.4, -0.2) is 33.8 Å². The zero-order chi connectivity index (χ0) is 19.4. The predicted molar refractivity (Wildman–Crippen MR) is 109 cm³/mol. The second-order valence-electron chi connectivity index (χ2n) is 7.89. The summed E-state index contributed by atoms with van der Waals surface area (Å²) in [6.45, 7) is 13.1. The minimum absolute atomic E-state index is 0.201. The van der Waals surface area contributed by atoms with Crippen LogP contribution in [0.3, 0.4) is 0 Å². The number of carbonyl (C=O) groups excluding carboxylic acids is 1. The summed E-state index contributed by atoms with van der Waals surface area (Å²) < 4.78 is 2.10. The molecule has 3 rings (SSSR count). The molecule has 0 unspecified atom stereocenters. The molecule has 0 saturated carbocycles. The third-order valence-electron chi connectivity index (χ3n) is 5.05. The van der Waals surface area contributed by atoms with Crippen LogP contribution in [0.15, 0.2) is 24.3 Å². The normalized spacial score (nSPS) is 14.7. The molecule has 1 aromatic heterocycles. The Morgan fingerprint density at radius 2 is 2.07 bits per heavy atom.